The van der Waals surface area contributed by atoms with Crippen molar-refractivity contribution in [3.8, 4) is 17.2 Å². The third kappa shape index (κ3) is 5.25. The molecule has 172 valence electrons. The van der Waals surface area contributed by atoms with Gasteiger partial charge in [0.2, 0.25) is 5.89 Å². The van der Waals surface area contributed by atoms with Crippen LogP contribution in [0.3, 0.4) is 0 Å². The van der Waals surface area contributed by atoms with Crippen molar-refractivity contribution in [2.24, 2.45) is 0 Å². The van der Waals surface area contributed by atoms with Crippen LogP contribution in [0.15, 0.2) is 47.0 Å². The Hall–Kier alpha value is -3.61. The largest absolute Gasteiger partial charge is 0.493 e. The summed E-state index contributed by atoms with van der Waals surface area (Å²) in [6.07, 6.45) is 7.08. The lowest BCUT2D eigenvalue weighted by Crippen LogP contribution is -2.10. The van der Waals surface area contributed by atoms with E-state index in [1.54, 1.807) is 6.20 Å². The molecule has 1 aliphatic carbocycles. The lowest BCUT2D eigenvalue weighted by atomic mass is 9.86. The van der Waals surface area contributed by atoms with Crippen molar-refractivity contribution in [1.29, 1.82) is 0 Å². The van der Waals surface area contributed by atoms with Gasteiger partial charge in [0.15, 0.2) is 0 Å². The molecule has 0 saturated carbocycles. The number of aryl methyl sites for hydroxylation is 1. The molecule has 0 unspecified atom stereocenters. The van der Waals surface area contributed by atoms with Crippen LogP contribution in [0.5, 0.6) is 5.75 Å². The Bertz CT molecular complexity index is 1160. The van der Waals surface area contributed by atoms with Crippen LogP contribution >= 0.6 is 0 Å². The number of rotatable bonds is 8. The van der Waals surface area contributed by atoms with Gasteiger partial charge in [0.25, 0.3) is 0 Å². The SMILES string of the molecule is Cc1oc(-c2ccc(N(C)C)nc2)nc1CCOc1cccc2c1CCC/C2=C/CC(=O)O. The van der Waals surface area contributed by atoms with E-state index >= 15 is 0 Å². The number of carboxylic acid groups (broad SMARTS) is 1. The number of allylic oxidation sites excluding steroid dienone is 1. The monoisotopic (exact) mass is 447 g/mol. The van der Waals surface area contributed by atoms with Crippen molar-refractivity contribution in [2.75, 3.05) is 25.6 Å². The minimum absolute atomic E-state index is 0.0427. The van der Waals surface area contributed by atoms with Crippen LogP contribution in [0.2, 0.25) is 0 Å². The summed E-state index contributed by atoms with van der Waals surface area (Å²) in [5.74, 6) is 2.26. The second kappa shape index (κ2) is 9.90. The van der Waals surface area contributed by atoms with Gasteiger partial charge in [0, 0.05) is 32.3 Å². The maximum Gasteiger partial charge on any atom is 0.307 e. The second-order valence-electron chi connectivity index (χ2n) is 8.38. The van der Waals surface area contributed by atoms with Crippen molar-refractivity contribution in [3.05, 3.63) is 65.2 Å². The van der Waals surface area contributed by atoms with E-state index in [4.69, 9.17) is 14.3 Å². The van der Waals surface area contributed by atoms with Gasteiger partial charge >= 0.3 is 5.97 Å². The number of hydrogen-bond donors (Lipinski definition) is 1. The Labute approximate surface area is 193 Å². The smallest absolute Gasteiger partial charge is 0.307 e. The Kier molecular flexibility index (Phi) is 6.77. The third-order valence-corrected chi connectivity index (χ3v) is 5.82. The van der Waals surface area contributed by atoms with Gasteiger partial charge in [-0.05, 0) is 55.5 Å². The highest BCUT2D eigenvalue weighted by Gasteiger charge is 2.19. The Morgan fingerprint density at radius 3 is 2.82 bits per heavy atom. The molecule has 2 aromatic heterocycles. The molecule has 1 aromatic carbocycles. The zero-order chi connectivity index (χ0) is 23.4. The fourth-order valence-corrected chi connectivity index (χ4v) is 4.09. The maximum atomic E-state index is 11.0. The van der Waals surface area contributed by atoms with Crippen molar-refractivity contribution < 1.29 is 19.1 Å². The number of ether oxygens (including phenoxy) is 1. The standard InChI is InChI=1S/C26H29N3O4/c1-17-22(28-26(33-17)19-10-12-24(27-16-19)29(2)3)14-15-32-23-9-5-7-20-18(11-13-25(30)31)6-4-8-21(20)23/h5,7,9-12,16H,4,6,8,13-15H2,1-3H3,(H,30,31)/b18-11-. The van der Waals surface area contributed by atoms with Crippen LogP contribution in [0.4, 0.5) is 5.82 Å². The third-order valence-electron chi connectivity index (χ3n) is 5.82. The molecule has 1 aliphatic rings. The summed E-state index contributed by atoms with van der Waals surface area (Å²) in [7, 11) is 3.90. The first-order chi connectivity index (χ1) is 15.9. The summed E-state index contributed by atoms with van der Waals surface area (Å²) >= 11 is 0. The molecule has 33 heavy (non-hydrogen) atoms. The zero-order valence-electron chi connectivity index (χ0n) is 19.3. The normalized spacial score (nSPS) is 14.2. The summed E-state index contributed by atoms with van der Waals surface area (Å²) in [6.45, 7) is 2.40. The van der Waals surface area contributed by atoms with Gasteiger partial charge in [-0.2, -0.15) is 0 Å². The molecule has 0 bridgehead atoms. The van der Waals surface area contributed by atoms with Crippen LogP contribution in [0.1, 0.15) is 41.8 Å². The predicted octanol–water partition coefficient (Wildman–Crippen LogP) is 4.93. The Morgan fingerprint density at radius 2 is 2.09 bits per heavy atom. The zero-order valence-corrected chi connectivity index (χ0v) is 19.3. The van der Waals surface area contributed by atoms with Crippen LogP contribution in [0.25, 0.3) is 17.0 Å². The van der Waals surface area contributed by atoms with Crippen LogP contribution in [0, 0.1) is 6.92 Å². The van der Waals surface area contributed by atoms with E-state index < -0.39 is 5.97 Å². The average molecular weight is 448 g/mol. The van der Waals surface area contributed by atoms with E-state index in [0.29, 0.717) is 18.9 Å². The number of pyridine rings is 1. The van der Waals surface area contributed by atoms with Gasteiger partial charge in [-0.3, -0.25) is 4.79 Å². The number of aliphatic carboxylic acids is 1. The van der Waals surface area contributed by atoms with E-state index in [2.05, 4.69) is 16.0 Å². The van der Waals surface area contributed by atoms with Gasteiger partial charge in [-0.25, -0.2) is 9.97 Å². The Morgan fingerprint density at radius 1 is 1.24 bits per heavy atom. The van der Waals surface area contributed by atoms with Crippen molar-refractivity contribution in [3.63, 3.8) is 0 Å². The summed E-state index contributed by atoms with van der Waals surface area (Å²) < 4.78 is 12.0. The van der Waals surface area contributed by atoms with E-state index in [-0.39, 0.29) is 6.42 Å². The number of fused-ring (bicyclic) bond motifs is 1. The molecule has 0 fully saturated rings. The van der Waals surface area contributed by atoms with E-state index in [9.17, 15) is 4.79 Å². The molecule has 0 atom stereocenters. The minimum atomic E-state index is -0.811. The molecule has 1 N–H and O–H groups in total. The molecule has 7 heteroatoms. The molecular formula is C26H29N3O4. The lowest BCUT2D eigenvalue weighted by molar-refractivity contribution is -0.136. The molecule has 7 nitrogen and oxygen atoms in total. The highest BCUT2D eigenvalue weighted by atomic mass is 16.5. The van der Waals surface area contributed by atoms with Crippen LogP contribution in [-0.2, 0) is 17.6 Å². The highest BCUT2D eigenvalue weighted by Crippen LogP contribution is 2.36. The van der Waals surface area contributed by atoms with E-state index in [1.165, 1.54) is 0 Å². The topological polar surface area (TPSA) is 88.7 Å². The number of anilines is 1. The number of benzene rings is 1. The molecule has 0 radical (unpaired) electrons. The first-order valence-electron chi connectivity index (χ1n) is 11.2. The Balaban J connectivity index is 1.44. The summed E-state index contributed by atoms with van der Waals surface area (Å²) in [6, 6.07) is 9.91. The first-order valence-corrected chi connectivity index (χ1v) is 11.2. The number of hydrogen-bond acceptors (Lipinski definition) is 6. The fraction of sp³-hybridized carbons (Fsp3) is 0.346. The van der Waals surface area contributed by atoms with Crippen molar-refractivity contribution in [2.45, 2.75) is 39.0 Å². The molecule has 0 saturated heterocycles. The number of aromatic nitrogens is 2. The van der Waals surface area contributed by atoms with E-state index in [1.807, 2.05) is 56.3 Å². The number of oxazole rings is 1. The quantitative estimate of drug-likeness (QED) is 0.524. The van der Waals surface area contributed by atoms with Crippen molar-refractivity contribution in [1.82, 2.24) is 9.97 Å². The highest BCUT2D eigenvalue weighted by molar-refractivity contribution is 5.77. The number of carbonyl (C=O) groups is 1. The molecule has 2 heterocycles. The minimum Gasteiger partial charge on any atom is -0.493 e. The maximum absolute atomic E-state index is 11.0. The van der Waals surface area contributed by atoms with Gasteiger partial charge in [-0.1, -0.05) is 18.2 Å². The molecule has 3 aromatic rings. The van der Waals surface area contributed by atoms with Gasteiger partial charge in [0.05, 0.1) is 24.3 Å². The fourth-order valence-electron chi connectivity index (χ4n) is 4.09. The second-order valence-corrected chi connectivity index (χ2v) is 8.38. The van der Waals surface area contributed by atoms with Crippen LogP contribution in [-0.4, -0.2) is 41.7 Å². The van der Waals surface area contributed by atoms with Gasteiger partial charge in [-0.15, -0.1) is 0 Å². The molecule has 0 amide bonds. The first kappa shape index (κ1) is 22.6. The van der Waals surface area contributed by atoms with Gasteiger partial charge in [0.1, 0.15) is 17.3 Å². The molecular weight excluding hydrogens is 418 g/mol. The molecule has 0 aliphatic heterocycles. The predicted molar refractivity (Wildman–Crippen MR) is 128 cm³/mol. The van der Waals surface area contributed by atoms with Crippen LogP contribution < -0.4 is 9.64 Å². The average Bonchev–Trinajstić information content (AvgIpc) is 3.18. The molecule has 4 rings (SSSR count). The molecule has 0 spiro atoms. The summed E-state index contributed by atoms with van der Waals surface area (Å²) in [5.41, 5.74) is 5.07. The lowest BCUT2D eigenvalue weighted by Gasteiger charge is -2.22. The van der Waals surface area contributed by atoms with Crippen molar-refractivity contribution >= 4 is 17.4 Å². The van der Waals surface area contributed by atoms with Gasteiger partial charge < -0.3 is 19.2 Å². The number of nitrogens with zero attached hydrogens (tertiary/aromatic N) is 3. The number of carboxylic acids is 1. The van der Waals surface area contributed by atoms with E-state index in [0.717, 1.165) is 64.5 Å². The summed E-state index contributed by atoms with van der Waals surface area (Å²) in [5, 5.41) is 9.01. The summed E-state index contributed by atoms with van der Waals surface area (Å²) in [4.78, 5) is 22.0.